The van der Waals surface area contributed by atoms with Crippen LogP contribution in [0.3, 0.4) is 0 Å². The Hall–Kier alpha value is -1.13. The number of rotatable bonds is 3. The Bertz CT molecular complexity index is 496. The van der Waals surface area contributed by atoms with Gasteiger partial charge in [-0.25, -0.2) is 8.78 Å². The van der Waals surface area contributed by atoms with Gasteiger partial charge in [0, 0.05) is 36.6 Å². The summed E-state index contributed by atoms with van der Waals surface area (Å²) in [6.45, 7) is 0. The minimum Gasteiger partial charge on any atom is -0.350 e. The molecule has 0 amide bonds. The molecule has 2 rings (SSSR count). The van der Waals surface area contributed by atoms with Crippen molar-refractivity contribution in [1.29, 1.82) is 0 Å². The van der Waals surface area contributed by atoms with Crippen LogP contribution in [0.25, 0.3) is 10.9 Å². The van der Waals surface area contributed by atoms with E-state index in [1.807, 2.05) is 42.1 Å². The molecule has 0 unspecified atom stereocenters. The summed E-state index contributed by atoms with van der Waals surface area (Å²) >= 11 is 0. The van der Waals surface area contributed by atoms with Gasteiger partial charge in [0.05, 0.1) is 0 Å². The molecule has 0 saturated heterocycles. The Labute approximate surface area is 105 Å². The second-order valence-corrected chi connectivity index (χ2v) is 3.95. The number of hydrogen-bond acceptors (Lipinski definition) is 1. The van der Waals surface area contributed by atoms with Gasteiger partial charge in [-0.05, 0) is 11.6 Å². The Morgan fingerprint density at radius 2 is 1.94 bits per heavy atom. The molecular formula is C12H15ClF2N2. The van der Waals surface area contributed by atoms with Crippen LogP contribution in [0, 0.1) is 0 Å². The Kier molecular flexibility index (Phi) is 4.48. The minimum atomic E-state index is -2.37. The van der Waals surface area contributed by atoms with Crippen molar-refractivity contribution in [2.45, 2.75) is 18.9 Å². The molecule has 1 aromatic carbocycles. The van der Waals surface area contributed by atoms with E-state index in [1.54, 1.807) is 0 Å². The van der Waals surface area contributed by atoms with Crippen LogP contribution in [0.15, 0.2) is 30.5 Å². The number of aryl methyl sites for hydroxylation is 1. The standard InChI is InChI=1S/C12H14F2N2.ClH/c1-16-7-9(10(15)6-12(13)14)8-4-2-3-5-11(8)16;/h2-5,7,10,12H,6,15H2,1H3;1H/t10-;/m0./s1. The number of benzene rings is 1. The third-order valence-corrected chi connectivity index (χ3v) is 2.76. The smallest absolute Gasteiger partial charge is 0.240 e. The van der Waals surface area contributed by atoms with Crippen LogP contribution >= 0.6 is 12.4 Å². The SMILES string of the molecule is Cl.Cn1cc([C@@H](N)CC(F)F)c2ccccc21. The third-order valence-electron chi connectivity index (χ3n) is 2.76. The average molecular weight is 261 g/mol. The normalized spacial score (nSPS) is 12.8. The molecule has 0 spiro atoms. The fraction of sp³-hybridized carbons (Fsp3) is 0.333. The van der Waals surface area contributed by atoms with Gasteiger partial charge >= 0.3 is 0 Å². The van der Waals surface area contributed by atoms with Gasteiger partial charge in [-0.3, -0.25) is 0 Å². The molecule has 0 fully saturated rings. The minimum absolute atomic E-state index is 0. The van der Waals surface area contributed by atoms with Crippen molar-refractivity contribution in [1.82, 2.24) is 4.57 Å². The number of para-hydroxylation sites is 1. The zero-order valence-electron chi connectivity index (χ0n) is 9.44. The first-order valence-electron chi connectivity index (χ1n) is 5.17. The lowest BCUT2D eigenvalue weighted by atomic mass is 10.0. The molecule has 17 heavy (non-hydrogen) atoms. The van der Waals surface area contributed by atoms with Gasteiger partial charge in [0.15, 0.2) is 0 Å². The molecule has 0 aliphatic carbocycles. The Balaban J connectivity index is 0.00000144. The van der Waals surface area contributed by atoms with E-state index in [0.717, 1.165) is 16.5 Å². The van der Waals surface area contributed by atoms with E-state index in [-0.39, 0.29) is 18.8 Å². The summed E-state index contributed by atoms with van der Waals surface area (Å²) in [6.07, 6.45) is -0.833. The number of nitrogens with two attached hydrogens (primary N) is 1. The first-order valence-corrected chi connectivity index (χ1v) is 5.17. The summed E-state index contributed by atoms with van der Waals surface area (Å²) in [6, 6.07) is 7.07. The van der Waals surface area contributed by atoms with Crippen LogP contribution in [0.1, 0.15) is 18.0 Å². The predicted octanol–water partition coefficient (Wildman–Crippen LogP) is 3.26. The van der Waals surface area contributed by atoms with Crippen molar-refractivity contribution < 1.29 is 8.78 Å². The summed E-state index contributed by atoms with van der Waals surface area (Å²) < 4.78 is 26.5. The number of fused-ring (bicyclic) bond motifs is 1. The third kappa shape index (κ3) is 2.76. The molecule has 1 atom stereocenters. The summed E-state index contributed by atoms with van der Waals surface area (Å²) in [5.74, 6) is 0. The predicted molar refractivity (Wildman–Crippen MR) is 67.7 cm³/mol. The molecule has 0 bridgehead atoms. The zero-order valence-corrected chi connectivity index (χ0v) is 10.3. The highest BCUT2D eigenvalue weighted by atomic mass is 35.5. The van der Waals surface area contributed by atoms with Crippen LogP contribution in [0.5, 0.6) is 0 Å². The number of nitrogens with zero attached hydrogens (tertiary/aromatic N) is 1. The maximum Gasteiger partial charge on any atom is 0.240 e. The fourth-order valence-corrected chi connectivity index (χ4v) is 1.99. The summed E-state index contributed by atoms with van der Waals surface area (Å²) in [7, 11) is 1.89. The van der Waals surface area contributed by atoms with Crippen LogP contribution in [-0.4, -0.2) is 11.0 Å². The van der Waals surface area contributed by atoms with E-state index in [4.69, 9.17) is 5.73 Å². The molecule has 0 radical (unpaired) electrons. The number of halogens is 3. The second-order valence-electron chi connectivity index (χ2n) is 3.95. The van der Waals surface area contributed by atoms with E-state index in [0.29, 0.717) is 0 Å². The molecular weight excluding hydrogens is 246 g/mol. The molecule has 2 nitrogen and oxygen atoms in total. The highest BCUT2D eigenvalue weighted by Gasteiger charge is 2.17. The highest BCUT2D eigenvalue weighted by Crippen LogP contribution is 2.27. The van der Waals surface area contributed by atoms with E-state index in [9.17, 15) is 8.78 Å². The van der Waals surface area contributed by atoms with Gasteiger partial charge in [-0.2, -0.15) is 0 Å². The van der Waals surface area contributed by atoms with Crippen LogP contribution in [0.2, 0.25) is 0 Å². The van der Waals surface area contributed by atoms with Crippen LogP contribution in [-0.2, 0) is 7.05 Å². The molecule has 2 N–H and O–H groups in total. The van der Waals surface area contributed by atoms with Gasteiger partial charge < -0.3 is 10.3 Å². The Morgan fingerprint density at radius 1 is 1.29 bits per heavy atom. The zero-order chi connectivity index (χ0) is 11.7. The highest BCUT2D eigenvalue weighted by molar-refractivity contribution is 5.85. The summed E-state index contributed by atoms with van der Waals surface area (Å²) in [4.78, 5) is 0. The quantitative estimate of drug-likeness (QED) is 0.902. The molecule has 2 aromatic rings. The van der Waals surface area contributed by atoms with Crippen molar-refractivity contribution in [2.24, 2.45) is 12.8 Å². The van der Waals surface area contributed by atoms with Crippen molar-refractivity contribution in [3.63, 3.8) is 0 Å². The van der Waals surface area contributed by atoms with Crippen molar-refractivity contribution in [3.05, 3.63) is 36.0 Å². The van der Waals surface area contributed by atoms with Gasteiger partial charge in [0.1, 0.15) is 0 Å². The van der Waals surface area contributed by atoms with Crippen molar-refractivity contribution in [2.75, 3.05) is 0 Å². The van der Waals surface area contributed by atoms with Crippen molar-refractivity contribution >= 4 is 23.3 Å². The lowest BCUT2D eigenvalue weighted by Gasteiger charge is -2.09. The van der Waals surface area contributed by atoms with Crippen molar-refractivity contribution in [3.8, 4) is 0 Å². The largest absolute Gasteiger partial charge is 0.350 e. The molecule has 1 aromatic heterocycles. The number of hydrogen-bond donors (Lipinski definition) is 1. The van der Waals surface area contributed by atoms with Crippen LogP contribution in [0.4, 0.5) is 8.78 Å². The molecule has 1 heterocycles. The molecule has 94 valence electrons. The monoisotopic (exact) mass is 260 g/mol. The first-order chi connectivity index (χ1) is 7.59. The Morgan fingerprint density at radius 3 is 2.59 bits per heavy atom. The maximum absolute atomic E-state index is 12.3. The maximum atomic E-state index is 12.3. The van der Waals surface area contributed by atoms with Gasteiger partial charge in [0.25, 0.3) is 0 Å². The topological polar surface area (TPSA) is 30.9 Å². The lowest BCUT2D eigenvalue weighted by Crippen LogP contribution is -2.13. The number of alkyl halides is 2. The second kappa shape index (κ2) is 5.47. The van der Waals surface area contributed by atoms with E-state index >= 15 is 0 Å². The number of aromatic nitrogens is 1. The molecule has 5 heteroatoms. The van der Waals surface area contributed by atoms with Gasteiger partial charge in [0.2, 0.25) is 6.43 Å². The summed E-state index contributed by atoms with van der Waals surface area (Å²) in [5.41, 5.74) is 7.59. The molecule has 0 aliphatic heterocycles. The van der Waals surface area contributed by atoms with Gasteiger partial charge in [-0.15, -0.1) is 12.4 Å². The van der Waals surface area contributed by atoms with E-state index < -0.39 is 12.5 Å². The van der Waals surface area contributed by atoms with E-state index in [2.05, 4.69) is 0 Å². The molecule has 0 saturated carbocycles. The first kappa shape index (κ1) is 13.9. The van der Waals surface area contributed by atoms with E-state index in [1.165, 1.54) is 0 Å². The summed E-state index contributed by atoms with van der Waals surface area (Å²) in [5, 5.41) is 0.957. The average Bonchev–Trinajstić information content (AvgIpc) is 2.56. The fourth-order valence-electron chi connectivity index (χ4n) is 1.99. The van der Waals surface area contributed by atoms with Gasteiger partial charge in [-0.1, -0.05) is 18.2 Å². The lowest BCUT2D eigenvalue weighted by molar-refractivity contribution is 0.128. The molecule has 0 aliphatic rings. The van der Waals surface area contributed by atoms with Crippen LogP contribution < -0.4 is 5.73 Å².